The molecule has 0 bridgehead atoms. The number of sulfonamides is 1. The number of carbonyl (C=O) groups excluding carboxylic acids is 1. The van der Waals surface area contributed by atoms with Gasteiger partial charge in [-0.25, -0.2) is 8.42 Å². The Bertz CT molecular complexity index is 958. The van der Waals surface area contributed by atoms with E-state index in [1.807, 2.05) is 24.3 Å². The van der Waals surface area contributed by atoms with Crippen molar-refractivity contribution in [3.05, 3.63) is 48.0 Å². The number of carbonyl (C=O) groups is 1. The van der Waals surface area contributed by atoms with Gasteiger partial charge < -0.3 is 14.4 Å². The molecule has 0 radical (unpaired) electrons. The molecule has 2 aromatic carbocycles. The summed E-state index contributed by atoms with van der Waals surface area (Å²) < 4.78 is 36.4. The largest absolute Gasteiger partial charge is 0.497 e. The van der Waals surface area contributed by atoms with Gasteiger partial charge in [0.2, 0.25) is 15.9 Å². The third-order valence-corrected chi connectivity index (χ3v) is 5.65. The predicted octanol–water partition coefficient (Wildman–Crippen LogP) is 2.06. The van der Waals surface area contributed by atoms with Crippen molar-refractivity contribution in [1.29, 1.82) is 0 Å². The molecule has 0 unspecified atom stereocenters. The van der Waals surface area contributed by atoms with Crippen LogP contribution in [0.3, 0.4) is 0 Å². The fourth-order valence-corrected chi connectivity index (χ4v) is 4.03. The molecule has 0 spiro atoms. The molecule has 2 aromatic rings. The Morgan fingerprint density at radius 1 is 1.15 bits per heavy atom. The molecule has 1 aliphatic heterocycles. The Labute approximate surface area is 159 Å². The number of para-hydroxylation sites is 1. The lowest BCUT2D eigenvalue weighted by Gasteiger charge is -2.26. The summed E-state index contributed by atoms with van der Waals surface area (Å²) in [4.78, 5) is 14.5. The lowest BCUT2D eigenvalue weighted by atomic mass is 10.2. The van der Waals surface area contributed by atoms with Crippen LogP contribution in [-0.2, 0) is 21.2 Å². The van der Waals surface area contributed by atoms with Gasteiger partial charge in [-0.2, -0.15) is 0 Å². The van der Waals surface area contributed by atoms with Gasteiger partial charge in [-0.05, 0) is 30.2 Å². The Morgan fingerprint density at radius 2 is 1.89 bits per heavy atom. The first kappa shape index (κ1) is 19.0. The van der Waals surface area contributed by atoms with Crippen molar-refractivity contribution in [3.63, 3.8) is 0 Å². The maximum atomic E-state index is 12.9. The van der Waals surface area contributed by atoms with Crippen LogP contribution in [-0.4, -0.2) is 47.9 Å². The highest BCUT2D eigenvalue weighted by molar-refractivity contribution is 7.92. The number of benzene rings is 2. The second-order valence-corrected chi connectivity index (χ2v) is 8.14. The van der Waals surface area contributed by atoms with Gasteiger partial charge in [0.1, 0.15) is 18.0 Å². The Kier molecular flexibility index (Phi) is 5.27. The molecule has 0 fully saturated rings. The van der Waals surface area contributed by atoms with Crippen LogP contribution < -0.4 is 18.7 Å². The molecule has 0 saturated heterocycles. The minimum atomic E-state index is -3.71. The van der Waals surface area contributed by atoms with Crippen LogP contribution in [0.25, 0.3) is 0 Å². The maximum Gasteiger partial charge on any atom is 0.247 e. The zero-order valence-electron chi connectivity index (χ0n) is 15.5. The standard InChI is InChI=1S/C19H22N2O5S/c1-25-15-8-9-17(18(12-15)26-2)21(27(3,23)24)13-19(22)20-11-10-14-6-4-5-7-16(14)20/h4-9,12H,10-11,13H2,1-3H3. The third-order valence-electron chi connectivity index (χ3n) is 4.52. The third kappa shape index (κ3) is 3.85. The van der Waals surface area contributed by atoms with Crippen LogP contribution in [0.1, 0.15) is 5.56 Å². The van der Waals surface area contributed by atoms with Crippen molar-refractivity contribution in [2.75, 3.05) is 42.8 Å². The minimum absolute atomic E-state index is 0.289. The van der Waals surface area contributed by atoms with Crippen LogP contribution in [0.5, 0.6) is 11.5 Å². The monoisotopic (exact) mass is 390 g/mol. The molecule has 8 heteroatoms. The summed E-state index contributed by atoms with van der Waals surface area (Å²) >= 11 is 0. The van der Waals surface area contributed by atoms with E-state index in [2.05, 4.69) is 0 Å². The first-order chi connectivity index (χ1) is 12.8. The zero-order chi connectivity index (χ0) is 19.6. The molecule has 0 saturated carbocycles. The molecular formula is C19H22N2O5S. The normalized spacial score (nSPS) is 13.2. The van der Waals surface area contributed by atoms with E-state index >= 15 is 0 Å². The van der Waals surface area contributed by atoms with Crippen molar-refractivity contribution < 1.29 is 22.7 Å². The Balaban J connectivity index is 1.93. The van der Waals surface area contributed by atoms with E-state index in [4.69, 9.17) is 9.47 Å². The lowest BCUT2D eigenvalue weighted by molar-refractivity contribution is -0.117. The van der Waals surface area contributed by atoms with Crippen molar-refractivity contribution >= 4 is 27.3 Å². The number of rotatable bonds is 6. The molecule has 0 N–H and O–H groups in total. The molecule has 3 rings (SSSR count). The minimum Gasteiger partial charge on any atom is -0.497 e. The van der Waals surface area contributed by atoms with Crippen LogP contribution >= 0.6 is 0 Å². The Hall–Kier alpha value is -2.74. The SMILES string of the molecule is COc1ccc(N(CC(=O)N2CCc3ccccc32)S(C)(=O)=O)c(OC)c1. The smallest absolute Gasteiger partial charge is 0.247 e. The van der Waals surface area contributed by atoms with Crippen LogP contribution in [0.2, 0.25) is 0 Å². The lowest BCUT2D eigenvalue weighted by Crippen LogP contribution is -2.42. The highest BCUT2D eigenvalue weighted by atomic mass is 32.2. The van der Waals surface area contributed by atoms with E-state index in [1.54, 1.807) is 23.1 Å². The maximum absolute atomic E-state index is 12.9. The molecule has 144 valence electrons. The van der Waals surface area contributed by atoms with E-state index in [-0.39, 0.29) is 12.5 Å². The average molecular weight is 390 g/mol. The number of amides is 1. The van der Waals surface area contributed by atoms with Crippen molar-refractivity contribution in [2.24, 2.45) is 0 Å². The summed E-state index contributed by atoms with van der Waals surface area (Å²) in [7, 11) is -0.754. The molecule has 1 amide bonds. The highest BCUT2D eigenvalue weighted by Crippen LogP contribution is 2.34. The second-order valence-electron chi connectivity index (χ2n) is 6.23. The van der Waals surface area contributed by atoms with Gasteiger partial charge in [0.25, 0.3) is 0 Å². The van der Waals surface area contributed by atoms with Crippen molar-refractivity contribution in [1.82, 2.24) is 0 Å². The second kappa shape index (κ2) is 7.48. The van der Waals surface area contributed by atoms with E-state index < -0.39 is 10.0 Å². The number of anilines is 2. The van der Waals surface area contributed by atoms with Gasteiger partial charge >= 0.3 is 0 Å². The Morgan fingerprint density at radius 3 is 2.56 bits per heavy atom. The van der Waals surface area contributed by atoms with Gasteiger partial charge in [0.15, 0.2) is 0 Å². The van der Waals surface area contributed by atoms with Gasteiger partial charge in [0, 0.05) is 18.3 Å². The van der Waals surface area contributed by atoms with Crippen molar-refractivity contribution in [3.8, 4) is 11.5 Å². The summed E-state index contributed by atoms with van der Waals surface area (Å²) in [5, 5.41) is 0. The summed E-state index contributed by atoms with van der Waals surface area (Å²) in [5.74, 6) is 0.557. The van der Waals surface area contributed by atoms with Crippen molar-refractivity contribution in [2.45, 2.75) is 6.42 Å². The van der Waals surface area contributed by atoms with Gasteiger partial charge in [-0.3, -0.25) is 9.10 Å². The molecule has 1 aliphatic rings. The molecule has 0 atom stereocenters. The summed E-state index contributed by atoms with van der Waals surface area (Å²) in [5.41, 5.74) is 2.21. The van der Waals surface area contributed by atoms with Gasteiger partial charge in [-0.15, -0.1) is 0 Å². The quantitative estimate of drug-likeness (QED) is 0.755. The molecule has 27 heavy (non-hydrogen) atoms. The van der Waals surface area contributed by atoms with E-state index in [0.717, 1.165) is 28.2 Å². The number of fused-ring (bicyclic) bond motifs is 1. The topological polar surface area (TPSA) is 76.2 Å². The van der Waals surface area contributed by atoms with E-state index in [1.165, 1.54) is 14.2 Å². The molecule has 0 aromatic heterocycles. The fraction of sp³-hybridized carbons (Fsp3) is 0.316. The highest BCUT2D eigenvalue weighted by Gasteiger charge is 2.30. The van der Waals surface area contributed by atoms with Crippen LogP contribution in [0.15, 0.2) is 42.5 Å². The molecule has 7 nitrogen and oxygen atoms in total. The van der Waals surface area contributed by atoms with Crippen LogP contribution in [0.4, 0.5) is 11.4 Å². The summed E-state index contributed by atoms with van der Waals surface area (Å²) in [6, 6.07) is 12.4. The van der Waals surface area contributed by atoms with Gasteiger partial charge in [0.05, 0.1) is 26.2 Å². The first-order valence-electron chi connectivity index (χ1n) is 8.43. The number of nitrogens with zero attached hydrogens (tertiary/aromatic N) is 2. The summed E-state index contributed by atoms with van der Waals surface area (Å²) in [6.45, 7) is 0.228. The van der Waals surface area contributed by atoms with Gasteiger partial charge in [-0.1, -0.05) is 18.2 Å². The number of ether oxygens (including phenoxy) is 2. The number of methoxy groups -OCH3 is 2. The summed E-state index contributed by atoms with van der Waals surface area (Å²) in [6.07, 6.45) is 1.83. The number of hydrogen-bond donors (Lipinski definition) is 0. The first-order valence-corrected chi connectivity index (χ1v) is 10.3. The predicted molar refractivity (Wildman–Crippen MR) is 104 cm³/mol. The van der Waals surface area contributed by atoms with Crippen LogP contribution in [0, 0.1) is 0 Å². The fourth-order valence-electron chi connectivity index (χ4n) is 3.18. The van der Waals surface area contributed by atoms with E-state index in [0.29, 0.717) is 23.7 Å². The zero-order valence-corrected chi connectivity index (χ0v) is 16.3. The number of hydrogen-bond acceptors (Lipinski definition) is 5. The molecular weight excluding hydrogens is 368 g/mol. The van der Waals surface area contributed by atoms with E-state index in [9.17, 15) is 13.2 Å². The molecule has 0 aliphatic carbocycles. The average Bonchev–Trinajstić information content (AvgIpc) is 3.09. The molecule has 1 heterocycles.